The average molecular weight is 294 g/mol. The zero-order chi connectivity index (χ0) is 12.4. The van der Waals surface area contributed by atoms with E-state index < -0.39 is 0 Å². The number of amides is 1. The highest BCUT2D eigenvalue weighted by Gasteiger charge is 2.08. The molecular weight excluding hydrogens is 282 g/mol. The highest BCUT2D eigenvalue weighted by molar-refractivity contribution is 9.10. The van der Waals surface area contributed by atoms with Crippen LogP contribution < -0.4 is 5.32 Å². The van der Waals surface area contributed by atoms with E-state index in [9.17, 15) is 4.79 Å². The van der Waals surface area contributed by atoms with Crippen LogP contribution in [0.2, 0.25) is 0 Å². The van der Waals surface area contributed by atoms with Crippen molar-refractivity contribution >= 4 is 27.7 Å². The summed E-state index contributed by atoms with van der Waals surface area (Å²) in [6, 6.07) is 7.33. The van der Waals surface area contributed by atoms with Crippen LogP contribution >= 0.6 is 15.9 Å². The SMILES string of the molecule is Cc1cc(Br)cc(C(=O)Nc2ccn(C)n2)c1. The third kappa shape index (κ3) is 2.94. The fourth-order valence-electron chi connectivity index (χ4n) is 1.54. The van der Waals surface area contributed by atoms with Crippen LogP contribution in [0.25, 0.3) is 0 Å². The van der Waals surface area contributed by atoms with Crippen molar-refractivity contribution in [2.75, 3.05) is 5.32 Å². The highest BCUT2D eigenvalue weighted by atomic mass is 79.9. The van der Waals surface area contributed by atoms with Gasteiger partial charge in [0.25, 0.3) is 5.91 Å². The van der Waals surface area contributed by atoms with Crippen LogP contribution in [0.1, 0.15) is 15.9 Å². The van der Waals surface area contributed by atoms with Gasteiger partial charge in [-0.25, -0.2) is 0 Å². The predicted octanol–water partition coefficient (Wildman–Crippen LogP) is 2.74. The van der Waals surface area contributed by atoms with E-state index in [0.717, 1.165) is 10.0 Å². The molecule has 88 valence electrons. The van der Waals surface area contributed by atoms with Gasteiger partial charge < -0.3 is 5.32 Å². The maximum atomic E-state index is 11.9. The molecule has 0 radical (unpaired) electrons. The van der Waals surface area contributed by atoms with E-state index in [2.05, 4.69) is 26.3 Å². The quantitative estimate of drug-likeness (QED) is 0.925. The molecule has 2 aromatic rings. The van der Waals surface area contributed by atoms with Crippen LogP contribution in [-0.2, 0) is 7.05 Å². The molecule has 0 fully saturated rings. The van der Waals surface area contributed by atoms with Crippen LogP contribution in [0.15, 0.2) is 34.9 Å². The molecule has 1 heterocycles. The van der Waals surface area contributed by atoms with Crippen molar-refractivity contribution in [2.45, 2.75) is 6.92 Å². The molecule has 1 aromatic heterocycles. The van der Waals surface area contributed by atoms with Gasteiger partial charge in [-0.2, -0.15) is 5.10 Å². The third-order valence-electron chi connectivity index (χ3n) is 2.26. The van der Waals surface area contributed by atoms with Crippen LogP contribution in [0, 0.1) is 6.92 Å². The van der Waals surface area contributed by atoms with Gasteiger partial charge in [-0.15, -0.1) is 0 Å². The molecule has 1 aromatic carbocycles. The Balaban J connectivity index is 2.19. The van der Waals surface area contributed by atoms with E-state index in [1.54, 1.807) is 30.1 Å². The number of nitrogens with zero attached hydrogens (tertiary/aromatic N) is 2. The Morgan fingerprint density at radius 3 is 2.76 bits per heavy atom. The van der Waals surface area contributed by atoms with Gasteiger partial charge in [-0.1, -0.05) is 15.9 Å². The zero-order valence-corrected chi connectivity index (χ0v) is 11.2. The van der Waals surface area contributed by atoms with Crippen molar-refractivity contribution in [2.24, 2.45) is 7.05 Å². The van der Waals surface area contributed by atoms with Crippen molar-refractivity contribution < 1.29 is 4.79 Å². The molecule has 0 aliphatic rings. The molecule has 0 aliphatic heterocycles. The third-order valence-corrected chi connectivity index (χ3v) is 2.72. The Bertz CT molecular complexity index is 542. The molecule has 0 unspecified atom stereocenters. The zero-order valence-electron chi connectivity index (χ0n) is 9.57. The highest BCUT2D eigenvalue weighted by Crippen LogP contribution is 2.16. The topological polar surface area (TPSA) is 46.9 Å². The molecule has 17 heavy (non-hydrogen) atoms. The van der Waals surface area contributed by atoms with Crippen LogP contribution in [0.3, 0.4) is 0 Å². The van der Waals surface area contributed by atoms with Crippen LogP contribution in [0.5, 0.6) is 0 Å². The number of halogens is 1. The first-order chi connectivity index (χ1) is 8.04. The normalized spacial score (nSPS) is 10.3. The summed E-state index contributed by atoms with van der Waals surface area (Å²) in [5, 5.41) is 6.84. The van der Waals surface area contributed by atoms with Crippen LogP contribution in [-0.4, -0.2) is 15.7 Å². The molecule has 4 nitrogen and oxygen atoms in total. The Hall–Kier alpha value is -1.62. The number of hydrogen-bond acceptors (Lipinski definition) is 2. The lowest BCUT2D eigenvalue weighted by Crippen LogP contribution is -2.12. The lowest BCUT2D eigenvalue weighted by molar-refractivity contribution is 0.102. The molecule has 5 heteroatoms. The molecule has 0 saturated heterocycles. The second-order valence-corrected chi connectivity index (χ2v) is 4.76. The van der Waals surface area contributed by atoms with Crippen molar-refractivity contribution in [1.29, 1.82) is 0 Å². The minimum atomic E-state index is -0.159. The summed E-state index contributed by atoms with van der Waals surface area (Å²) in [7, 11) is 1.80. The number of rotatable bonds is 2. The van der Waals surface area contributed by atoms with Crippen molar-refractivity contribution in [3.63, 3.8) is 0 Å². The summed E-state index contributed by atoms with van der Waals surface area (Å²) in [6.45, 7) is 1.95. The first-order valence-electron chi connectivity index (χ1n) is 5.13. The second kappa shape index (κ2) is 4.71. The molecule has 2 rings (SSSR count). The van der Waals surface area contributed by atoms with Crippen molar-refractivity contribution in [3.05, 3.63) is 46.1 Å². The second-order valence-electron chi connectivity index (χ2n) is 3.85. The summed E-state index contributed by atoms with van der Waals surface area (Å²) >= 11 is 3.37. The Morgan fingerprint density at radius 2 is 2.18 bits per heavy atom. The summed E-state index contributed by atoms with van der Waals surface area (Å²) in [5.41, 5.74) is 1.65. The van der Waals surface area contributed by atoms with E-state index in [4.69, 9.17) is 0 Å². The molecular formula is C12H12BrN3O. The van der Waals surface area contributed by atoms with E-state index in [-0.39, 0.29) is 5.91 Å². The van der Waals surface area contributed by atoms with Crippen molar-refractivity contribution in [3.8, 4) is 0 Å². The summed E-state index contributed by atoms with van der Waals surface area (Å²) in [5.74, 6) is 0.392. The van der Waals surface area contributed by atoms with Gasteiger partial charge in [0.15, 0.2) is 5.82 Å². The van der Waals surface area contributed by atoms with Gasteiger partial charge >= 0.3 is 0 Å². The van der Waals surface area contributed by atoms with E-state index in [0.29, 0.717) is 11.4 Å². The van der Waals surface area contributed by atoms with Gasteiger partial charge in [-0.3, -0.25) is 9.48 Å². The Kier molecular flexibility index (Phi) is 3.28. The maximum absolute atomic E-state index is 11.9. The fourth-order valence-corrected chi connectivity index (χ4v) is 2.15. The van der Waals surface area contributed by atoms with E-state index >= 15 is 0 Å². The fraction of sp³-hybridized carbons (Fsp3) is 0.167. The monoisotopic (exact) mass is 293 g/mol. The standard InChI is InChI=1S/C12H12BrN3O/c1-8-5-9(7-10(13)6-8)12(17)14-11-3-4-16(2)15-11/h3-7H,1-2H3,(H,14,15,17). The number of anilines is 1. The molecule has 1 N–H and O–H groups in total. The number of benzene rings is 1. The average Bonchev–Trinajstić information content (AvgIpc) is 2.62. The largest absolute Gasteiger partial charge is 0.305 e. The molecule has 0 atom stereocenters. The molecule has 0 saturated carbocycles. The number of hydrogen-bond donors (Lipinski definition) is 1. The predicted molar refractivity (Wildman–Crippen MR) is 70.0 cm³/mol. The van der Waals surface area contributed by atoms with E-state index in [1.807, 2.05) is 19.1 Å². The first-order valence-corrected chi connectivity index (χ1v) is 5.92. The smallest absolute Gasteiger partial charge is 0.256 e. The minimum Gasteiger partial charge on any atom is -0.305 e. The summed E-state index contributed by atoms with van der Waals surface area (Å²) < 4.78 is 2.53. The Labute approximate surface area is 108 Å². The lowest BCUT2D eigenvalue weighted by atomic mass is 10.1. The number of carbonyl (C=O) groups is 1. The summed E-state index contributed by atoms with van der Waals surface area (Å²) in [4.78, 5) is 11.9. The Morgan fingerprint density at radius 1 is 1.41 bits per heavy atom. The molecule has 0 spiro atoms. The maximum Gasteiger partial charge on any atom is 0.256 e. The molecule has 0 aliphatic carbocycles. The van der Waals surface area contributed by atoms with Gasteiger partial charge in [-0.05, 0) is 30.7 Å². The molecule has 0 bridgehead atoms. The minimum absolute atomic E-state index is 0.159. The van der Waals surface area contributed by atoms with E-state index in [1.165, 1.54) is 0 Å². The number of carbonyl (C=O) groups excluding carboxylic acids is 1. The van der Waals surface area contributed by atoms with Crippen molar-refractivity contribution in [1.82, 2.24) is 9.78 Å². The van der Waals surface area contributed by atoms with Gasteiger partial charge in [0, 0.05) is 29.3 Å². The van der Waals surface area contributed by atoms with Gasteiger partial charge in [0.05, 0.1) is 0 Å². The summed E-state index contributed by atoms with van der Waals surface area (Å²) in [6.07, 6.45) is 1.78. The number of aromatic nitrogens is 2. The van der Waals surface area contributed by atoms with Gasteiger partial charge in [0.1, 0.15) is 0 Å². The molecule has 1 amide bonds. The van der Waals surface area contributed by atoms with Crippen LogP contribution in [0.4, 0.5) is 5.82 Å². The van der Waals surface area contributed by atoms with Gasteiger partial charge in [0.2, 0.25) is 0 Å². The number of aryl methyl sites for hydroxylation is 2. The lowest BCUT2D eigenvalue weighted by Gasteiger charge is -2.04. The first kappa shape index (κ1) is 11.9. The number of nitrogens with one attached hydrogen (secondary N) is 1.